The van der Waals surface area contributed by atoms with E-state index in [1.807, 2.05) is 27.7 Å². The minimum Gasteiger partial charge on any atom is -0.473 e. The Morgan fingerprint density at radius 2 is 2.05 bits per heavy atom. The lowest BCUT2D eigenvalue weighted by molar-refractivity contribution is -0.385. The van der Waals surface area contributed by atoms with Gasteiger partial charge in [-0.05, 0) is 40.0 Å². The van der Waals surface area contributed by atoms with Crippen LogP contribution in [0.15, 0.2) is 0 Å². The summed E-state index contributed by atoms with van der Waals surface area (Å²) < 4.78 is 5.58. The van der Waals surface area contributed by atoms with Crippen LogP contribution in [0, 0.1) is 10.1 Å². The van der Waals surface area contributed by atoms with Gasteiger partial charge in [-0.2, -0.15) is 4.98 Å². The maximum Gasteiger partial charge on any atom is 0.372 e. The summed E-state index contributed by atoms with van der Waals surface area (Å²) in [5.41, 5.74) is -0.504. The van der Waals surface area contributed by atoms with Crippen LogP contribution in [-0.2, 0) is 0 Å². The normalized spacial score (nSPS) is 14.7. The highest BCUT2D eigenvalue weighted by Crippen LogP contribution is 2.42. The van der Waals surface area contributed by atoms with Gasteiger partial charge in [-0.1, -0.05) is 13.3 Å². The smallest absolute Gasteiger partial charge is 0.372 e. The molecule has 1 N–H and O–H groups in total. The summed E-state index contributed by atoms with van der Waals surface area (Å²) in [7, 11) is 0. The number of anilines is 1. The van der Waals surface area contributed by atoms with Gasteiger partial charge in [0.25, 0.3) is 5.88 Å². The maximum atomic E-state index is 11.5. The Balaban J connectivity index is 2.41. The van der Waals surface area contributed by atoms with Gasteiger partial charge < -0.3 is 10.1 Å². The Morgan fingerprint density at radius 3 is 2.55 bits per heavy atom. The molecule has 22 heavy (non-hydrogen) atoms. The van der Waals surface area contributed by atoms with Crippen molar-refractivity contribution in [2.45, 2.75) is 64.8 Å². The Bertz CT molecular complexity index is 550. The first kappa shape index (κ1) is 16.5. The summed E-state index contributed by atoms with van der Waals surface area (Å²) in [6, 6.07) is 0. The minimum atomic E-state index is -0.466. The largest absolute Gasteiger partial charge is 0.473 e. The van der Waals surface area contributed by atoms with Crippen molar-refractivity contribution in [1.82, 2.24) is 9.97 Å². The predicted octanol–water partition coefficient (Wildman–Crippen LogP) is 3.65. The van der Waals surface area contributed by atoms with Crippen molar-refractivity contribution in [2.24, 2.45) is 0 Å². The second-order valence-corrected chi connectivity index (χ2v) is 6.69. The van der Waals surface area contributed by atoms with Crippen LogP contribution in [0.2, 0.25) is 0 Å². The lowest BCUT2D eigenvalue weighted by Crippen LogP contribution is -2.27. The third-order valence-electron chi connectivity index (χ3n) is 3.22. The number of nitrogens with one attached hydrogen (secondary N) is 1. The predicted molar refractivity (Wildman–Crippen MR) is 84.4 cm³/mol. The lowest BCUT2D eigenvalue weighted by Gasteiger charge is -2.21. The molecule has 1 heterocycles. The van der Waals surface area contributed by atoms with Crippen LogP contribution >= 0.6 is 0 Å². The molecule has 0 saturated heterocycles. The maximum absolute atomic E-state index is 11.5. The highest BCUT2D eigenvalue weighted by Gasteiger charge is 2.34. The molecule has 122 valence electrons. The third-order valence-corrected chi connectivity index (χ3v) is 3.22. The molecule has 7 nitrogen and oxygen atoms in total. The van der Waals surface area contributed by atoms with Gasteiger partial charge in [0, 0.05) is 11.5 Å². The molecule has 0 unspecified atom stereocenters. The van der Waals surface area contributed by atoms with E-state index in [2.05, 4.69) is 15.3 Å². The van der Waals surface area contributed by atoms with Crippen LogP contribution in [-0.4, -0.2) is 27.0 Å². The summed E-state index contributed by atoms with van der Waals surface area (Å²) in [5.74, 6) is 1.28. The standard InChI is InChI=1S/C15H24N4O3/c1-5-6-9-22-14-11(19(20)21)13(18-15(2,3)4)16-12(17-14)10-7-8-10/h10H,5-9H2,1-4H3,(H,16,17,18). The van der Waals surface area contributed by atoms with Crippen molar-refractivity contribution >= 4 is 11.5 Å². The summed E-state index contributed by atoms with van der Waals surface area (Å²) in [5, 5.41) is 14.6. The Hall–Kier alpha value is -1.92. The molecule has 1 fully saturated rings. The first-order valence-corrected chi connectivity index (χ1v) is 7.79. The van der Waals surface area contributed by atoms with Gasteiger partial charge in [-0.15, -0.1) is 0 Å². The molecule has 0 aliphatic heterocycles. The first-order chi connectivity index (χ1) is 10.3. The highest BCUT2D eigenvalue weighted by atomic mass is 16.6. The number of nitro groups is 1. The number of unbranched alkanes of at least 4 members (excludes halogenated alkanes) is 1. The van der Waals surface area contributed by atoms with Crippen LogP contribution in [0.3, 0.4) is 0 Å². The zero-order valence-corrected chi connectivity index (χ0v) is 13.7. The van der Waals surface area contributed by atoms with Gasteiger partial charge in [0.05, 0.1) is 11.5 Å². The highest BCUT2D eigenvalue weighted by molar-refractivity contribution is 5.62. The van der Waals surface area contributed by atoms with Gasteiger partial charge in [0.15, 0.2) is 0 Å². The Morgan fingerprint density at radius 1 is 1.36 bits per heavy atom. The quantitative estimate of drug-likeness (QED) is 0.469. The topological polar surface area (TPSA) is 90.2 Å². The van der Waals surface area contributed by atoms with E-state index in [0.29, 0.717) is 18.3 Å². The molecular formula is C15H24N4O3. The fourth-order valence-corrected chi connectivity index (χ4v) is 2.00. The van der Waals surface area contributed by atoms with E-state index in [1.165, 1.54) is 0 Å². The van der Waals surface area contributed by atoms with E-state index >= 15 is 0 Å². The Labute approximate surface area is 130 Å². The first-order valence-electron chi connectivity index (χ1n) is 7.79. The zero-order valence-electron chi connectivity index (χ0n) is 13.7. The Kier molecular flexibility index (Phi) is 4.83. The molecule has 7 heteroatoms. The summed E-state index contributed by atoms with van der Waals surface area (Å²) in [4.78, 5) is 19.7. The zero-order chi connectivity index (χ0) is 16.3. The van der Waals surface area contributed by atoms with Gasteiger partial charge in [-0.25, -0.2) is 4.98 Å². The molecule has 0 aromatic carbocycles. The fourth-order valence-electron chi connectivity index (χ4n) is 2.00. The summed E-state index contributed by atoms with van der Waals surface area (Å²) >= 11 is 0. The molecule has 1 aliphatic carbocycles. The van der Waals surface area contributed by atoms with Crippen molar-refractivity contribution in [3.05, 3.63) is 15.9 Å². The second kappa shape index (κ2) is 6.46. The molecule has 0 atom stereocenters. The van der Waals surface area contributed by atoms with Gasteiger partial charge in [0.1, 0.15) is 5.82 Å². The molecule has 0 bridgehead atoms. The average molecular weight is 308 g/mol. The minimum absolute atomic E-state index is 0.0853. The van der Waals surface area contributed by atoms with E-state index < -0.39 is 4.92 Å². The van der Waals surface area contributed by atoms with E-state index in [-0.39, 0.29) is 22.9 Å². The van der Waals surface area contributed by atoms with Crippen LogP contribution in [0.1, 0.15) is 65.1 Å². The molecular weight excluding hydrogens is 284 g/mol. The SMILES string of the molecule is CCCCOc1nc(C2CC2)nc(NC(C)(C)C)c1[N+](=O)[O-]. The monoisotopic (exact) mass is 308 g/mol. The molecule has 1 aliphatic rings. The van der Waals surface area contributed by atoms with Gasteiger partial charge >= 0.3 is 5.69 Å². The molecule has 1 saturated carbocycles. The van der Waals surface area contributed by atoms with Crippen LogP contribution < -0.4 is 10.1 Å². The fraction of sp³-hybridized carbons (Fsp3) is 0.733. The number of hydrogen-bond donors (Lipinski definition) is 1. The van der Waals surface area contributed by atoms with Gasteiger partial charge in [-0.3, -0.25) is 10.1 Å². The van der Waals surface area contributed by atoms with Crippen LogP contribution in [0.25, 0.3) is 0 Å². The van der Waals surface area contributed by atoms with E-state index in [0.717, 1.165) is 25.7 Å². The van der Waals surface area contributed by atoms with E-state index in [1.54, 1.807) is 0 Å². The van der Waals surface area contributed by atoms with Crippen molar-refractivity contribution in [2.75, 3.05) is 11.9 Å². The number of ether oxygens (including phenoxy) is 1. The molecule has 0 amide bonds. The van der Waals surface area contributed by atoms with Crippen LogP contribution in [0.4, 0.5) is 11.5 Å². The van der Waals surface area contributed by atoms with Crippen molar-refractivity contribution in [1.29, 1.82) is 0 Å². The third kappa shape index (κ3) is 4.29. The van der Waals surface area contributed by atoms with Crippen molar-refractivity contribution in [3.63, 3.8) is 0 Å². The number of nitrogens with zero attached hydrogens (tertiary/aromatic N) is 3. The van der Waals surface area contributed by atoms with Gasteiger partial charge in [0.2, 0.25) is 5.82 Å². The van der Waals surface area contributed by atoms with Crippen LogP contribution in [0.5, 0.6) is 5.88 Å². The average Bonchev–Trinajstić information content (AvgIpc) is 3.20. The second-order valence-electron chi connectivity index (χ2n) is 6.69. The summed E-state index contributed by atoms with van der Waals surface area (Å²) in [6.07, 6.45) is 3.85. The van der Waals surface area contributed by atoms with Crippen molar-refractivity contribution in [3.8, 4) is 5.88 Å². The molecule has 1 aromatic heterocycles. The van der Waals surface area contributed by atoms with E-state index in [9.17, 15) is 10.1 Å². The van der Waals surface area contributed by atoms with Crippen molar-refractivity contribution < 1.29 is 9.66 Å². The summed E-state index contributed by atoms with van der Waals surface area (Å²) in [6.45, 7) is 8.28. The number of hydrogen-bond acceptors (Lipinski definition) is 6. The molecule has 1 aromatic rings. The molecule has 0 spiro atoms. The molecule has 0 radical (unpaired) electrons. The molecule has 2 rings (SSSR count). The number of rotatable bonds is 7. The number of aromatic nitrogens is 2. The lowest BCUT2D eigenvalue weighted by atomic mass is 10.1. The van der Waals surface area contributed by atoms with E-state index in [4.69, 9.17) is 4.74 Å².